The summed E-state index contributed by atoms with van der Waals surface area (Å²) in [5.41, 5.74) is 0.439. The molecule has 0 saturated carbocycles. The number of nitrogens with one attached hydrogen (secondary N) is 2. The van der Waals surface area contributed by atoms with E-state index in [1.54, 1.807) is 0 Å². The summed E-state index contributed by atoms with van der Waals surface area (Å²) in [5, 5.41) is 6.98. The summed E-state index contributed by atoms with van der Waals surface area (Å²) >= 11 is 0. The second kappa shape index (κ2) is 4.24. The first-order chi connectivity index (χ1) is 5.68. The molecule has 0 atom stereocenters. The van der Waals surface area contributed by atoms with Crippen LogP contribution in [0.1, 0.15) is 33.6 Å². The summed E-state index contributed by atoms with van der Waals surface area (Å²) in [4.78, 5) is 0. The molecule has 2 N–H and O–H groups in total. The maximum absolute atomic E-state index is 3.65. The molecule has 0 aromatic carbocycles. The van der Waals surface area contributed by atoms with E-state index in [0.717, 1.165) is 19.0 Å². The fourth-order valence-electron chi connectivity index (χ4n) is 1.55. The van der Waals surface area contributed by atoms with Crippen LogP contribution in [0.15, 0.2) is 0 Å². The zero-order chi connectivity index (χ0) is 9.03. The second-order valence-electron chi connectivity index (χ2n) is 4.35. The normalized spacial score (nSPS) is 21.0. The lowest BCUT2D eigenvalue weighted by Crippen LogP contribution is -2.67. The molecule has 0 aliphatic carbocycles. The lowest BCUT2D eigenvalue weighted by Gasteiger charge is -2.43. The van der Waals surface area contributed by atoms with Gasteiger partial charge in [-0.3, -0.25) is 0 Å². The highest BCUT2D eigenvalue weighted by atomic mass is 15.1. The minimum absolute atomic E-state index is 0.439. The third kappa shape index (κ3) is 2.46. The van der Waals surface area contributed by atoms with Crippen molar-refractivity contribution in [2.75, 3.05) is 19.6 Å². The van der Waals surface area contributed by atoms with Gasteiger partial charge in [-0.15, -0.1) is 0 Å². The first-order valence-electron chi connectivity index (χ1n) is 5.14. The summed E-state index contributed by atoms with van der Waals surface area (Å²) in [6.07, 6.45) is 2.54. The minimum Gasteiger partial charge on any atom is -0.313 e. The van der Waals surface area contributed by atoms with Gasteiger partial charge < -0.3 is 10.6 Å². The Morgan fingerprint density at radius 3 is 2.42 bits per heavy atom. The molecule has 1 fully saturated rings. The van der Waals surface area contributed by atoms with Crippen molar-refractivity contribution in [2.24, 2.45) is 5.92 Å². The van der Waals surface area contributed by atoms with Crippen molar-refractivity contribution in [3.05, 3.63) is 0 Å². The van der Waals surface area contributed by atoms with Crippen molar-refractivity contribution in [1.29, 1.82) is 0 Å². The minimum atomic E-state index is 0.439. The average Bonchev–Trinajstić information content (AvgIpc) is 1.94. The maximum Gasteiger partial charge on any atom is 0.0429 e. The van der Waals surface area contributed by atoms with Crippen LogP contribution in [0, 0.1) is 5.92 Å². The molecular formula is C10H22N2. The number of hydrogen-bond donors (Lipinski definition) is 2. The zero-order valence-electron chi connectivity index (χ0n) is 8.61. The van der Waals surface area contributed by atoms with Gasteiger partial charge in [0, 0.05) is 18.6 Å². The summed E-state index contributed by atoms with van der Waals surface area (Å²) in [5.74, 6) is 0.819. The van der Waals surface area contributed by atoms with Crippen LogP contribution in [-0.4, -0.2) is 25.2 Å². The van der Waals surface area contributed by atoms with Crippen LogP contribution < -0.4 is 10.6 Å². The molecule has 72 valence electrons. The lowest BCUT2D eigenvalue weighted by atomic mass is 9.89. The Hall–Kier alpha value is -0.0800. The van der Waals surface area contributed by atoms with E-state index in [0.29, 0.717) is 5.54 Å². The molecule has 1 rings (SSSR count). The molecule has 0 bridgehead atoms. The topological polar surface area (TPSA) is 24.1 Å². The van der Waals surface area contributed by atoms with E-state index < -0.39 is 0 Å². The van der Waals surface area contributed by atoms with E-state index in [1.165, 1.54) is 19.4 Å². The summed E-state index contributed by atoms with van der Waals surface area (Å²) < 4.78 is 0. The fourth-order valence-corrected chi connectivity index (χ4v) is 1.55. The fraction of sp³-hybridized carbons (Fsp3) is 1.00. The van der Waals surface area contributed by atoms with Crippen LogP contribution in [0.4, 0.5) is 0 Å². The van der Waals surface area contributed by atoms with Crippen molar-refractivity contribution in [3.63, 3.8) is 0 Å². The highest BCUT2D eigenvalue weighted by Gasteiger charge is 2.33. The summed E-state index contributed by atoms with van der Waals surface area (Å²) in [7, 11) is 0. The van der Waals surface area contributed by atoms with Crippen molar-refractivity contribution in [2.45, 2.75) is 39.2 Å². The smallest absolute Gasteiger partial charge is 0.0429 e. The first-order valence-corrected chi connectivity index (χ1v) is 5.14. The first kappa shape index (κ1) is 10.0. The number of rotatable bonds is 5. The van der Waals surface area contributed by atoms with Crippen LogP contribution in [0.3, 0.4) is 0 Å². The third-order valence-corrected chi connectivity index (χ3v) is 2.83. The van der Waals surface area contributed by atoms with Gasteiger partial charge in [-0.05, 0) is 25.3 Å². The molecular weight excluding hydrogens is 148 g/mol. The Morgan fingerprint density at radius 1 is 1.42 bits per heavy atom. The molecule has 1 aliphatic rings. The monoisotopic (exact) mass is 170 g/mol. The van der Waals surface area contributed by atoms with Gasteiger partial charge in [-0.1, -0.05) is 20.8 Å². The van der Waals surface area contributed by atoms with Crippen LogP contribution in [0.5, 0.6) is 0 Å². The maximum atomic E-state index is 3.65. The third-order valence-electron chi connectivity index (χ3n) is 2.83. The molecule has 0 radical (unpaired) electrons. The highest BCUT2D eigenvalue weighted by Crippen LogP contribution is 2.15. The van der Waals surface area contributed by atoms with Gasteiger partial charge in [0.2, 0.25) is 0 Å². The molecule has 1 saturated heterocycles. The predicted molar refractivity (Wildman–Crippen MR) is 53.3 cm³/mol. The quantitative estimate of drug-likeness (QED) is 0.651. The molecule has 0 aromatic rings. The Kier molecular flexibility index (Phi) is 3.53. The predicted octanol–water partition coefficient (Wildman–Crippen LogP) is 1.37. The van der Waals surface area contributed by atoms with Gasteiger partial charge in [-0.2, -0.15) is 0 Å². The van der Waals surface area contributed by atoms with Crippen LogP contribution in [0.2, 0.25) is 0 Å². The van der Waals surface area contributed by atoms with E-state index in [2.05, 4.69) is 31.4 Å². The Balaban J connectivity index is 2.12. The Labute approximate surface area is 76.1 Å². The zero-order valence-corrected chi connectivity index (χ0v) is 8.61. The summed E-state index contributed by atoms with van der Waals surface area (Å²) in [6, 6.07) is 0. The van der Waals surface area contributed by atoms with E-state index >= 15 is 0 Å². The van der Waals surface area contributed by atoms with Gasteiger partial charge in [0.25, 0.3) is 0 Å². The highest BCUT2D eigenvalue weighted by molar-refractivity contribution is 4.99. The lowest BCUT2D eigenvalue weighted by molar-refractivity contribution is 0.204. The Bertz CT molecular complexity index is 122. The van der Waals surface area contributed by atoms with E-state index in [-0.39, 0.29) is 0 Å². The van der Waals surface area contributed by atoms with Crippen molar-refractivity contribution in [1.82, 2.24) is 10.6 Å². The molecule has 0 spiro atoms. The van der Waals surface area contributed by atoms with E-state index in [4.69, 9.17) is 0 Å². The van der Waals surface area contributed by atoms with Crippen molar-refractivity contribution in [3.8, 4) is 0 Å². The molecule has 2 heteroatoms. The molecule has 0 aromatic heterocycles. The van der Waals surface area contributed by atoms with Crippen LogP contribution >= 0.6 is 0 Å². The Morgan fingerprint density at radius 2 is 2.08 bits per heavy atom. The molecule has 2 nitrogen and oxygen atoms in total. The van der Waals surface area contributed by atoms with Gasteiger partial charge in [0.05, 0.1) is 0 Å². The largest absolute Gasteiger partial charge is 0.313 e. The van der Waals surface area contributed by atoms with Crippen molar-refractivity contribution < 1.29 is 0 Å². The average molecular weight is 170 g/mol. The molecule has 0 unspecified atom stereocenters. The molecule has 1 heterocycles. The van der Waals surface area contributed by atoms with Crippen LogP contribution in [0.25, 0.3) is 0 Å². The number of hydrogen-bond acceptors (Lipinski definition) is 2. The molecule has 1 aliphatic heterocycles. The van der Waals surface area contributed by atoms with E-state index in [1.807, 2.05) is 0 Å². The van der Waals surface area contributed by atoms with Gasteiger partial charge in [0.1, 0.15) is 0 Å². The van der Waals surface area contributed by atoms with Crippen LogP contribution in [-0.2, 0) is 0 Å². The van der Waals surface area contributed by atoms with Gasteiger partial charge >= 0.3 is 0 Å². The standard InChI is InChI=1S/C10H22N2/c1-4-10(7-11-8-10)12-6-5-9(2)3/h9,11-12H,4-8H2,1-3H3. The van der Waals surface area contributed by atoms with Gasteiger partial charge in [0.15, 0.2) is 0 Å². The molecule has 0 amide bonds. The van der Waals surface area contributed by atoms with Crippen molar-refractivity contribution >= 4 is 0 Å². The SMILES string of the molecule is CCC1(NCCC(C)C)CNC1. The summed E-state index contributed by atoms with van der Waals surface area (Å²) in [6.45, 7) is 10.3. The second-order valence-corrected chi connectivity index (χ2v) is 4.35. The van der Waals surface area contributed by atoms with E-state index in [9.17, 15) is 0 Å². The van der Waals surface area contributed by atoms with Gasteiger partial charge in [-0.25, -0.2) is 0 Å². The molecule has 12 heavy (non-hydrogen) atoms.